The number of piperazine rings is 1. The topological polar surface area (TPSA) is 28.5 Å². The molecule has 1 saturated heterocycles. The van der Waals surface area contributed by atoms with E-state index in [1.165, 1.54) is 16.4 Å². The standard InChI is InChI=1S/C19H20FN3OSe/c20-15-5-7-16(8-6-15)22-12-9-21(10-13-22)11-14-23-17-3-1-2-4-18(17)25-19(23)24/h1-8H,9-14H2. The van der Waals surface area contributed by atoms with Crippen LogP contribution in [-0.2, 0) is 6.54 Å². The summed E-state index contributed by atoms with van der Waals surface area (Å²) in [5, 5.41) is 0. The molecule has 130 valence electrons. The van der Waals surface area contributed by atoms with Crippen molar-refractivity contribution in [2.75, 3.05) is 37.6 Å². The van der Waals surface area contributed by atoms with Crippen molar-refractivity contribution in [3.8, 4) is 0 Å². The molecule has 4 rings (SSSR count). The van der Waals surface area contributed by atoms with Crippen LogP contribution >= 0.6 is 0 Å². The Kier molecular flexibility index (Phi) is 4.75. The fraction of sp³-hybridized carbons (Fsp3) is 0.316. The van der Waals surface area contributed by atoms with Gasteiger partial charge in [-0.25, -0.2) is 4.39 Å². The average Bonchev–Trinajstić information content (AvgIpc) is 2.96. The van der Waals surface area contributed by atoms with Crippen LogP contribution in [0.5, 0.6) is 0 Å². The summed E-state index contributed by atoms with van der Waals surface area (Å²) in [6, 6.07) is 14.8. The van der Waals surface area contributed by atoms with Gasteiger partial charge in [0.05, 0.1) is 0 Å². The van der Waals surface area contributed by atoms with Gasteiger partial charge in [0.1, 0.15) is 0 Å². The molecule has 0 saturated carbocycles. The van der Waals surface area contributed by atoms with E-state index >= 15 is 0 Å². The van der Waals surface area contributed by atoms with Crippen LogP contribution in [0.15, 0.2) is 53.3 Å². The molecule has 1 fully saturated rings. The van der Waals surface area contributed by atoms with E-state index in [0.717, 1.165) is 50.5 Å². The van der Waals surface area contributed by atoms with E-state index in [2.05, 4.69) is 21.9 Å². The fourth-order valence-corrected chi connectivity index (χ4v) is 5.27. The van der Waals surface area contributed by atoms with Crippen molar-refractivity contribution in [2.24, 2.45) is 0 Å². The van der Waals surface area contributed by atoms with E-state index in [1.807, 2.05) is 28.8 Å². The van der Waals surface area contributed by atoms with Gasteiger partial charge in [0, 0.05) is 0 Å². The van der Waals surface area contributed by atoms with Gasteiger partial charge in [0.25, 0.3) is 0 Å². The molecule has 0 spiro atoms. The second-order valence-electron chi connectivity index (χ2n) is 6.29. The molecule has 6 heteroatoms. The molecule has 2 aromatic carbocycles. The van der Waals surface area contributed by atoms with Crippen molar-refractivity contribution >= 4 is 30.0 Å². The Morgan fingerprint density at radius 2 is 1.64 bits per heavy atom. The molecular weight excluding hydrogens is 384 g/mol. The van der Waals surface area contributed by atoms with Gasteiger partial charge in [0.2, 0.25) is 0 Å². The van der Waals surface area contributed by atoms with E-state index in [4.69, 9.17) is 0 Å². The number of para-hydroxylation sites is 1. The number of hydrogen-bond acceptors (Lipinski definition) is 3. The summed E-state index contributed by atoms with van der Waals surface area (Å²) >= 11 is -0.0716. The fourth-order valence-electron chi connectivity index (χ4n) is 3.35. The van der Waals surface area contributed by atoms with Crippen molar-refractivity contribution < 1.29 is 4.39 Å². The normalized spacial score (nSPS) is 15.8. The summed E-state index contributed by atoms with van der Waals surface area (Å²) in [6.07, 6.45) is 0. The van der Waals surface area contributed by atoms with Gasteiger partial charge in [-0.3, -0.25) is 0 Å². The van der Waals surface area contributed by atoms with E-state index in [1.54, 1.807) is 0 Å². The van der Waals surface area contributed by atoms with Gasteiger partial charge >= 0.3 is 147 Å². The Balaban J connectivity index is 1.36. The first-order valence-corrected chi connectivity index (χ1v) is 10.2. The van der Waals surface area contributed by atoms with E-state index in [9.17, 15) is 9.18 Å². The summed E-state index contributed by atoms with van der Waals surface area (Å²) in [5.41, 5.74) is 2.17. The zero-order chi connectivity index (χ0) is 17.2. The molecule has 4 nitrogen and oxygen atoms in total. The molecule has 1 aromatic heterocycles. The van der Waals surface area contributed by atoms with Crippen LogP contribution in [-0.4, -0.2) is 56.7 Å². The second kappa shape index (κ2) is 7.16. The maximum atomic E-state index is 13.0. The zero-order valence-corrected chi connectivity index (χ0v) is 15.6. The first kappa shape index (κ1) is 16.6. The number of fused-ring (bicyclic) bond motifs is 1. The molecule has 0 atom stereocenters. The molecule has 0 aliphatic carbocycles. The van der Waals surface area contributed by atoms with Crippen LogP contribution in [0, 0.1) is 5.82 Å². The third-order valence-electron chi connectivity index (χ3n) is 4.78. The average molecular weight is 404 g/mol. The Labute approximate surface area is 151 Å². The third-order valence-corrected chi connectivity index (χ3v) is 6.79. The summed E-state index contributed by atoms with van der Waals surface area (Å²) in [4.78, 5) is 17.0. The summed E-state index contributed by atoms with van der Waals surface area (Å²) in [5.74, 6) is -0.195. The summed E-state index contributed by atoms with van der Waals surface area (Å²) < 4.78 is 16.4. The minimum atomic E-state index is -0.195. The van der Waals surface area contributed by atoms with Gasteiger partial charge in [0.15, 0.2) is 0 Å². The Bertz CT molecular complexity index is 910. The molecular formula is C19H20FN3OSe. The van der Waals surface area contributed by atoms with Gasteiger partial charge in [-0.05, 0) is 0 Å². The maximum absolute atomic E-state index is 13.0. The number of hydrogen-bond donors (Lipinski definition) is 0. The molecule has 1 aliphatic rings. The van der Waals surface area contributed by atoms with Crippen LogP contribution in [0.2, 0.25) is 0 Å². The number of nitrogens with zero attached hydrogens (tertiary/aromatic N) is 3. The van der Waals surface area contributed by atoms with Gasteiger partial charge in [-0.1, -0.05) is 0 Å². The van der Waals surface area contributed by atoms with E-state index in [0.29, 0.717) is 0 Å². The first-order chi connectivity index (χ1) is 12.2. The molecule has 0 bridgehead atoms. The van der Waals surface area contributed by atoms with Crippen LogP contribution in [0.4, 0.5) is 10.1 Å². The predicted octanol–water partition coefficient (Wildman–Crippen LogP) is 2.02. The number of anilines is 1. The molecule has 0 unspecified atom stereocenters. The molecule has 3 aromatic rings. The zero-order valence-electron chi connectivity index (χ0n) is 13.9. The van der Waals surface area contributed by atoms with Crippen molar-refractivity contribution in [1.82, 2.24) is 9.47 Å². The van der Waals surface area contributed by atoms with E-state index in [-0.39, 0.29) is 24.8 Å². The number of benzene rings is 2. The number of rotatable bonds is 4. The van der Waals surface area contributed by atoms with Crippen molar-refractivity contribution in [3.05, 3.63) is 63.6 Å². The molecule has 0 N–H and O–H groups in total. The summed E-state index contributed by atoms with van der Waals surface area (Å²) in [7, 11) is 0. The van der Waals surface area contributed by atoms with Crippen LogP contribution < -0.4 is 9.33 Å². The first-order valence-electron chi connectivity index (χ1n) is 8.52. The van der Waals surface area contributed by atoms with E-state index < -0.39 is 0 Å². The molecule has 1 aliphatic heterocycles. The van der Waals surface area contributed by atoms with Crippen molar-refractivity contribution in [1.29, 1.82) is 0 Å². The van der Waals surface area contributed by atoms with Gasteiger partial charge < -0.3 is 0 Å². The van der Waals surface area contributed by atoms with Crippen molar-refractivity contribution in [2.45, 2.75) is 6.54 Å². The van der Waals surface area contributed by atoms with Crippen LogP contribution in [0.1, 0.15) is 0 Å². The minimum absolute atomic E-state index is 0.0716. The quantitative estimate of drug-likeness (QED) is 0.623. The number of halogens is 1. The molecule has 25 heavy (non-hydrogen) atoms. The predicted molar refractivity (Wildman–Crippen MR) is 100 cm³/mol. The molecule has 0 amide bonds. The monoisotopic (exact) mass is 405 g/mol. The summed E-state index contributed by atoms with van der Waals surface area (Å²) in [6.45, 7) is 5.44. The Morgan fingerprint density at radius 3 is 2.40 bits per heavy atom. The Morgan fingerprint density at radius 1 is 0.920 bits per heavy atom. The Hall–Kier alpha value is -1.88. The second-order valence-corrected chi connectivity index (χ2v) is 8.38. The third kappa shape index (κ3) is 3.56. The molecule has 0 radical (unpaired) electrons. The van der Waals surface area contributed by atoms with Crippen LogP contribution in [0.25, 0.3) is 9.78 Å². The van der Waals surface area contributed by atoms with Gasteiger partial charge in [-0.15, -0.1) is 0 Å². The molecule has 2 heterocycles. The van der Waals surface area contributed by atoms with Gasteiger partial charge in [-0.2, -0.15) is 0 Å². The SMILES string of the molecule is O=c1[se]c2ccccc2n1CCN1CCN(c2ccc(F)cc2)CC1. The van der Waals surface area contributed by atoms with Crippen LogP contribution in [0.3, 0.4) is 0 Å². The van der Waals surface area contributed by atoms with Crippen molar-refractivity contribution in [3.63, 3.8) is 0 Å². The number of aromatic nitrogens is 1.